The first-order valence-electron chi connectivity index (χ1n) is 8.56. The lowest BCUT2D eigenvalue weighted by Crippen LogP contribution is -2.50. The van der Waals surface area contributed by atoms with Crippen LogP contribution in [0.4, 0.5) is 0 Å². The van der Waals surface area contributed by atoms with E-state index >= 15 is 0 Å². The van der Waals surface area contributed by atoms with Gasteiger partial charge in [0, 0.05) is 52.4 Å². The molecule has 1 aromatic rings. The molecule has 1 saturated heterocycles. The molecule has 3 rings (SSSR count). The zero-order chi connectivity index (χ0) is 17.8. The van der Waals surface area contributed by atoms with E-state index in [0.717, 1.165) is 13.0 Å². The van der Waals surface area contributed by atoms with Gasteiger partial charge in [-0.2, -0.15) is 5.26 Å². The summed E-state index contributed by atoms with van der Waals surface area (Å²) in [7, 11) is 0. The van der Waals surface area contributed by atoms with Crippen LogP contribution in [-0.4, -0.2) is 59.2 Å². The van der Waals surface area contributed by atoms with Gasteiger partial charge in [0.25, 0.3) is 5.91 Å². The Balaban J connectivity index is 1.66. The van der Waals surface area contributed by atoms with Crippen LogP contribution < -0.4 is 0 Å². The first kappa shape index (κ1) is 17.0. The van der Waals surface area contributed by atoms with Gasteiger partial charge in [0.05, 0.1) is 0 Å². The second-order valence-corrected chi connectivity index (χ2v) is 6.44. The number of rotatable bonds is 2. The third-order valence-electron chi connectivity index (χ3n) is 4.83. The molecular weight excluding hydrogens is 316 g/mol. The maximum absolute atomic E-state index is 12.6. The van der Waals surface area contributed by atoms with Crippen LogP contribution in [0.3, 0.4) is 0 Å². The van der Waals surface area contributed by atoms with Gasteiger partial charge in [0.2, 0.25) is 5.91 Å². The molecule has 130 valence electrons. The molecular formula is C19H22N4O2. The zero-order valence-electron chi connectivity index (χ0n) is 14.4. The normalized spacial score (nSPS) is 17.8. The maximum atomic E-state index is 12.6. The number of amides is 2. The van der Waals surface area contributed by atoms with Crippen molar-refractivity contribution in [1.29, 1.82) is 5.26 Å². The quantitative estimate of drug-likeness (QED) is 0.599. The van der Waals surface area contributed by atoms with Crippen molar-refractivity contribution in [2.24, 2.45) is 0 Å². The molecule has 2 amide bonds. The number of hydrogen-bond acceptors (Lipinski definition) is 4. The zero-order valence-corrected chi connectivity index (χ0v) is 14.4. The van der Waals surface area contributed by atoms with Gasteiger partial charge in [-0.25, -0.2) is 0 Å². The molecule has 0 atom stereocenters. The molecule has 0 N–H and O–H groups in total. The Morgan fingerprint density at radius 1 is 1.04 bits per heavy atom. The smallest absolute Gasteiger partial charge is 0.266 e. The average Bonchev–Trinajstić information content (AvgIpc) is 2.65. The molecule has 0 aromatic heterocycles. The number of carbonyl (C=O) groups excluding carboxylic acids is 2. The lowest BCUT2D eigenvalue weighted by atomic mass is 10.00. The lowest BCUT2D eigenvalue weighted by Gasteiger charge is -2.34. The van der Waals surface area contributed by atoms with Crippen molar-refractivity contribution >= 4 is 11.8 Å². The van der Waals surface area contributed by atoms with Crippen molar-refractivity contribution in [2.75, 3.05) is 32.7 Å². The minimum absolute atomic E-state index is 0.0233. The van der Waals surface area contributed by atoms with Gasteiger partial charge < -0.3 is 14.7 Å². The van der Waals surface area contributed by atoms with E-state index in [4.69, 9.17) is 0 Å². The Kier molecular flexibility index (Phi) is 5.03. The van der Waals surface area contributed by atoms with Gasteiger partial charge in [-0.3, -0.25) is 9.59 Å². The number of piperazine rings is 1. The summed E-state index contributed by atoms with van der Waals surface area (Å²) in [6.45, 7) is 5.04. The van der Waals surface area contributed by atoms with E-state index in [9.17, 15) is 14.9 Å². The standard InChI is InChI=1S/C19H22N4O2/c1-15(24)22-8-10-23(11-9-22)19(25)18(12-20)14-21-7-6-16-4-2-3-5-17(16)13-21/h2-5,14H,6-11,13H2,1H3/b18-14-. The minimum Gasteiger partial charge on any atom is -0.371 e. The fraction of sp³-hybridized carbons (Fsp3) is 0.421. The molecule has 2 aliphatic rings. The topological polar surface area (TPSA) is 67.6 Å². The molecule has 6 heteroatoms. The van der Waals surface area contributed by atoms with E-state index in [2.05, 4.69) is 18.2 Å². The van der Waals surface area contributed by atoms with E-state index in [-0.39, 0.29) is 17.4 Å². The number of hydrogen-bond donors (Lipinski definition) is 0. The molecule has 2 heterocycles. The van der Waals surface area contributed by atoms with Gasteiger partial charge in [-0.1, -0.05) is 24.3 Å². The van der Waals surface area contributed by atoms with Crippen LogP contribution in [0.15, 0.2) is 36.0 Å². The highest BCUT2D eigenvalue weighted by Gasteiger charge is 2.25. The van der Waals surface area contributed by atoms with Crippen molar-refractivity contribution < 1.29 is 9.59 Å². The van der Waals surface area contributed by atoms with E-state index in [1.807, 2.05) is 17.0 Å². The maximum Gasteiger partial charge on any atom is 0.266 e. The molecule has 1 aromatic carbocycles. The molecule has 2 aliphatic heterocycles. The summed E-state index contributed by atoms with van der Waals surface area (Å²) in [5.74, 6) is -0.223. The molecule has 1 fully saturated rings. The third kappa shape index (κ3) is 3.82. The van der Waals surface area contributed by atoms with Gasteiger partial charge in [0.1, 0.15) is 11.6 Å². The third-order valence-corrected chi connectivity index (χ3v) is 4.83. The Bertz CT molecular complexity index is 742. The summed E-state index contributed by atoms with van der Waals surface area (Å²) in [6, 6.07) is 10.3. The molecule has 6 nitrogen and oxygen atoms in total. The van der Waals surface area contributed by atoms with E-state index in [1.165, 1.54) is 18.1 Å². The first-order valence-corrected chi connectivity index (χ1v) is 8.56. The number of fused-ring (bicyclic) bond motifs is 1. The molecule has 0 bridgehead atoms. The lowest BCUT2D eigenvalue weighted by molar-refractivity contribution is -0.136. The Labute approximate surface area is 147 Å². The summed E-state index contributed by atoms with van der Waals surface area (Å²) >= 11 is 0. The van der Waals surface area contributed by atoms with Crippen LogP contribution in [0.25, 0.3) is 0 Å². The predicted molar refractivity (Wildman–Crippen MR) is 93.1 cm³/mol. The highest BCUT2D eigenvalue weighted by molar-refractivity contribution is 5.97. The summed E-state index contributed by atoms with van der Waals surface area (Å²) in [5.41, 5.74) is 2.73. The molecule has 0 radical (unpaired) electrons. The SMILES string of the molecule is CC(=O)N1CCN(C(=O)/C(C#N)=C\N2CCc3ccccc3C2)CC1. The second-order valence-electron chi connectivity index (χ2n) is 6.44. The predicted octanol–water partition coefficient (Wildman–Crippen LogP) is 1.14. The molecule has 0 spiro atoms. The van der Waals surface area contributed by atoms with Gasteiger partial charge in [-0.05, 0) is 17.5 Å². The second kappa shape index (κ2) is 7.39. The summed E-state index contributed by atoms with van der Waals surface area (Å²) < 4.78 is 0. The molecule has 0 unspecified atom stereocenters. The monoisotopic (exact) mass is 338 g/mol. The number of carbonyl (C=O) groups is 2. The van der Waals surface area contributed by atoms with Gasteiger partial charge in [0.15, 0.2) is 0 Å². The largest absolute Gasteiger partial charge is 0.371 e. The Hall–Kier alpha value is -2.81. The average molecular weight is 338 g/mol. The van der Waals surface area contributed by atoms with E-state index in [0.29, 0.717) is 32.7 Å². The highest BCUT2D eigenvalue weighted by atomic mass is 16.2. The fourth-order valence-electron chi connectivity index (χ4n) is 3.34. The van der Waals surface area contributed by atoms with E-state index < -0.39 is 0 Å². The molecule has 0 saturated carbocycles. The van der Waals surface area contributed by atoms with Crippen LogP contribution >= 0.6 is 0 Å². The van der Waals surface area contributed by atoms with Crippen LogP contribution in [-0.2, 0) is 22.6 Å². The summed E-state index contributed by atoms with van der Waals surface area (Å²) in [6.07, 6.45) is 2.60. The van der Waals surface area contributed by atoms with Gasteiger partial charge >= 0.3 is 0 Å². The Morgan fingerprint density at radius 3 is 2.32 bits per heavy atom. The van der Waals surface area contributed by atoms with Crippen molar-refractivity contribution in [3.63, 3.8) is 0 Å². The minimum atomic E-state index is -0.246. The van der Waals surface area contributed by atoms with Crippen LogP contribution in [0.2, 0.25) is 0 Å². The van der Waals surface area contributed by atoms with Crippen molar-refractivity contribution in [1.82, 2.24) is 14.7 Å². The van der Waals surface area contributed by atoms with E-state index in [1.54, 1.807) is 16.0 Å². The Morgan fingerprint density at radius 2 is 1.68 bits per heavy atom. The number of nitrogens with zero attached hydrogens (tertiary/aromatic N) is 4. The van der Waals surface area contributed by atoms with Gasteiger partial charge in [-0.15, -0.1) is 0 Å². The number of benzene rings is 1. The number of nitriles is 1. The molecule has 25 heavy (non-hydrogen) atoms. The summed E-state index contributed by atoms with van der Waals surface area (Å²) in [5, 5.41) is 9.44. The van der Waals surface area contributed by atoms with Crippen LogP contribution in [0.1, 0.15) is 18.1 Å². The summed E-state index contributed by atoms with van der Waals surface area (Å²) in [4.78, 5) is 29.4. The van der Waals surface area contributed by atoms with Crippen molar-refractivity contribution in [2.45, 2.75) is 19.9 Å². The molecule has 0 aliphatic carbocycles. The van der Waals surface area contributed by atoms with Crippen molar-refractivity contribution in [3.05, 3.63) is 47.2 Å². The van der Waals surface area contributed by atoms with Crippen LogP contribution in [0.5, 0.6) is 0 Å². The highest BCUT2D eigenvalue weighted by Crippen LogP contribution is 2.19. The van der Waals surface area contributed by atoms with Crippen LogP contribution in [0, 0.1) is 11.3 Å². The first-order chi connectivity index (χ1) is 12.1. The fourth-order valence-corrected chi connectivity index (χ4v) is 3.34. The van der Waals surface area contributed by atoms with Crippen molar-refractivity contribution in [3.8, 4) is 6.07 Å².